The van der Waals surface area contributed by atoms with Crippen molar-refractivity contribution in [2.24, 2.45) is 5.73 Å². The van der Waals surface area contributed by atoms with E-state index in [-0.39, 0.29) is 12.4 Å². The highest BCUT2D eigenvalue weighted by Crippen LogP contribution is 2.31. The highest BCUT2D eigenvalue weighted by Gasteiger charge is 2.22. The average Bonchev–Trinajstić information content (AvgIpc) is 2.87. The first-order valence-electron chi connectivity index (χ1n) is 5.95. The van der Waals surface area contributed by atoms with E-state index >= 15 is 0 Å². The van der Waals surface area contributed by atoms with Crippen molar-refractivity contribution in [3.8, 4) is 11.8 Å². The number of nitrogens with two attached hydrogens (primary N) is 1. The van der Waals surface area contributed by atoms with Gasteiger partial charge < -0.3 is 10.5 Å². The van der Waals surface area contributed by atoms with Crippen molar-refractivity contribution in [3.63, 3.8) is 0 Å². The number of hydrogen-bond donors (Lipinski definition) is 2. The van der Waals surface area contributed by atoms with Crippen molar-refractivity contribution >= 4 is 35.0 Å². The SMILES string of the molecule is N#CC1=C(N)Nn2c(COc3ccc(Cl)cc3Cl)nnc2S1. The van der Waals surface area contributed by atoms with E-state index in [0.717, 1.165) is 11.8 Å². The van der Waals surface area contributed by atoms with E-state index in [2.05, 4.69) is 15.6 Å². The number of fused-ring (bicyclic) bond motifs is 1. The van der Waals surface area contributed by atoms with E-state index in [0.29, 0.717) is 31.7 Å². The Kier molecular flexibility index (Phi) is 4.02. The van der Waals surface area contributed by atoms with Crippen molar-refractivity contribution in [3.05, 3.63) is 44.8 Å². The number of halogens is 2. The van der Waals surface area contributed by atoms with E-state index in [1.54, 1.807) is 22.9 Å². The first kappa shape index (κ1) is 14.8. The van der Waals surface area contributed by atoms with Gasteiger partial charge >= 0.3 is 0 Å². The number of hydrogen-bond acceptors (Lipinski definition) is 7. The van der Waals surface area contributed by atoms with Crippen molar-refractivity contribution in [2.45, 2.75) is 11.8 Å². The van der Waals surface area contributed by atoms with Crippen LogP contribution in [0.3, 0.4) is 0 Å². The molecule has 22 heavy (non-hydrogen) atoms. The van der Waals surface area contributed by atoms with Gasteiger partial charge in [-0.3, -0.25) is 5.43 Å². The van der Waals surface area contributed by atoms with Crippen molar-refractivity contribution in [1.29, 1.82) is 5.26 Å². The number of aromatic nitrogens is 3. The second-order valence-electron chi connectivity index (χ2n) is 4.17. The number of nitriles is 1. The number of thioether (sulfide) groups is 1. The molecule has 0 atom stereocenters. The van der Waals surface area contributed by atoms with Gasteiger partial charge in [-0.05, 0) is 30.0 Å². The third kappa shape index (κ3) is 2.78. The number of allylic oxidation sites excluding steroid dienone is 1. The molecular formula is C12H8Cl2N6OS. The molecular weight excluding hydrogens is 347 g/mol. The number of nitrogens with zero attached hydrogens (tertiary/aromatic N) is 4. The van der Waals surface area contributed by atoms with Gasteiger partial charge in [0.05, 0.1) is 5.02 Å². The Morgan fingerprint density at radius 1 is 1.41 bits per heavy atom. The molecule has 1 aliphatic rings. The molecule has 0 spiro atoms. The van der Waals surface area contributed by atoms with Crippen LogP contribution in [0.1, 0.15) is 5.82 Å². The minimum atomic E-state index is 0.122. The lowest BCUT2D eigenvalue weighted by molar-refractivity contribution is 0.291. The van der Waals surface area contributed by atoms with Crippen molar-refractivity contribution < 1.29 is 4.74 Å². The molecule has 0 unspecified atom stereocenters. The molecule has 1 aliphatic heterocycles. The summed E-state index contributed by atoms with van der Waals surface area (Å²) >= 11 is 13.0. The molecule has 7 nitrogen and oxygen atoms in total. The summed E-state index contributed by atoms with van der Waals surface area (Å²) in [5, 5.41) is 18.4. The van der Waals surface area contributed by atoms with Gasteiger partial charge in [0.1, 0.15) is 29.2 Å². The molecule has 10 heteroatoms. The highest BCUT2D eigenvalue weighted by molar-refractivity contribution is 8.03. The first-order valence-corrected chi connectivity index (χ1v) is 7.52. The van der Waals surface area contributed by atoms with Crippen LogP contribution in [-0.2, 0) is 6.61 Å². The molecule has 1 aromatic carbocycles. The van der Waals surface area contributed by atoms with Gasteiger partial charge in [0, 0.05) is 5.02 Å². The first-order chi connectivity index (χ1) is 10.6. The summed E-state index contributed by atoms with van der Waals surface area (Å²) in [6, 6.07) is 6.92. The Morgan fingerprint density at radius 3 is 2.95 bits per heavy atom. The molecule has 2 heterocycles. The Morgan fingerprint density at radius 2 is 2.23 bits per heavy atom. The lowest BCUT2D eigenvalue weighted by Crippen LogP contribution is -2.27. The molecule has 0 saturated carbocycles. The molecule has 0 saturated heterocycles. The van der Waals surface area contributed by atoms with Crippen LogP contribution in [0.15, 0.2) is 34.1 Å². The van der Waals surface area contributed by atoms with Crippen LogP contribution in [0.25, 0.3) is 0 Å². The lowest BCUT2D eigenvalue weighted by atomic mass is 10.3. The van der Waals surface area contributed by atoms with Crippen LogP contribution in [0, 0.1) is 11.3 Å². The van der Waals surface area contributed by atoms with E-state index < -0.39 is 0 Å². The molecule has 2 aromatic rings. The van der Waals surface area contributed by atoms with Crippen LogP contribution in [0.4, 0.5) is 0 Å². The number of ether oxygens (including phenoxy) is 1. The second-order valence-corrected chi connectivity index (χ2v) is 5.99. The standard InChI is InChI=1S/C12H8Cl2N6OS/c13-6-1-2-8(7(14)3-6)21-5-10-17-18-12-20(10)19-11(16)9(4-15)22-12/h1-3,19H,5,16H2. The molecule has 0 radical (unpaired) electrons. The van der Waals surface area contributed by atoms with E-state index in [1.807, 2.05) is 6.07 Å². The highest BCUT2D eigenvalue weighted by atomic mass is 35.5. The van der Waals surface area contributed by atoms with Crippen molar-refractivity contribution in [2.75, 3.05) is 5.43 Å². The predicted molar refractivity (Wildman–Crippen MR) is 82.9 cm³/mol. The molecule has 0 bridgehead atoms. The predicted octanol–water partition coefficient (Wildman–Crippen LogP) is 2.46. The van der Waals surface area contributed by atoms with Gasteiger partial charge in [0.2, 0.25) is 5.16 Å². The van der Waals surface area contributed by atoms with Gasteiger partial charge in [-0.15, -0.1) is 10.2 Å². The summed E-state index contributed by atoms with van der Waals surface area (Å²) in [7, 11) is 0. The van der Waals surface area contributed by atoms with E-state index in [4.69, 9.17) is 38.9 Å². The number of benzene rings is 1. The zero-order valence-corrected chi connectivity index (χ0v) is 13.2. The van der Waals surface area contributed by atoms with Gasteiger partial charge in [0.15, 0.2) is 5.82 Å². The molecule has 0 aliphatic carbocycles. The van der Waals surface area contributed by atoms with Crippen LogP contribution in [0.2, 0.25) is 10.0 Å². The number of rotatable bonds is 3. The molecule has 3 rings (SSSR count). The topological polar surface area (TPSA) is 102 Å². The summed E-state index contributed by atoms with van der Waals surface area (Å²) < 4.78 is 7.17. The minimum absolute atomic E-state index is 0.122. The summed E-state index contributed by atoms with van der Waals surface area (Å²) in [6.07, 6.45) is 0. The summed E-state index contributed by atoms with van der Waals surface area (Å²) in [4.78, 5) is 0.341. The van der Waals surface area contributed by atoms with Crippen LogP contribution >= 0.6 is 35.0 Å². The van der Waals surface area contributed by atoms with Crippen LogP contribution < -0.4 is 15.9 Å². The maximum atomic E-state index is 8.94. The summed E-state index contributed by atoms with van der Waals surface area (Å²) in [5.41, 5.74) is 8.59. The molecule has 3 N–H and O–H groups in total. The molecule has 112 valence electrons. The van der Waals surface area contributed by atoms with E-state index in [1.165, 1.54) is 0 Å². The second kappa shape index (κ2) is 5.96. The summed E-state index contributed by atoms with van der Waals surface area (Å²) in [5.74, 6) is 1.21. The largest absolute Gasteiger partial charge is 0.484 e. The zero-order valence-electron chi connectivity index (χ0n) is 10.9. The van der Waals surface area contributed by atoms with E-state index in [9.17, 15) is 0 Å². The van der Waals surface area contributed by atoms with Gasteiger partial charge in [-0.1, -0.05) is 23.2 Å². The average molecular weight is 355 g/mol. The number of nitrogens with one attached hydrogen (secondary N) is 1. The fraction of sp³-hybridized carbons (Fsp3) is 0.0833. The third-order valence-electron chi connectivity index (χ3n) is 2.72. The van der Waals surface area contributed by atoms with Crippen LogP contribution in [-0.4, -0.2) is 14.9 Å². The smallest absolute Gasteiger partial charge is 0.216 e. The Bertz CT molecular complexity index is 812. The van der Waals surface area contributed by atoms with Gasteiger partial charge in [-0.25, -0.2) is 4.68 Å². The Hall–Kier alpha value is -2.08. The maximum Gasteiger partial charge on any atom is 0.216 e. The molecule has 0 amide bonds. The normalized spacial score (nSPS) is 13.3. The molecule has 1 aromatic heterocycles. The van der Waals surface area contributed by atoms with Gasteiger partial charge in [-0.2, -0.15) is 5.26 Å². The molecule has 0 fully saturated rings. The lowest BCUT2D eigenvalue weighted by Gasteiger charge is -2.17. The van der Waals surface area contributed by atoms with Crippen molar-refractivity contribution in [1.82, 2.24) is 14.9 Å². The summed E-state index contributed by atoms with van der Waals surface area (Å²) in [6.45, 7) is 0.122. The van der Waals surface area contributed by atoms with Crippen LogP contribution in [0.5, 0.6) is 5.75 Å². The quantitative estimate of drug-likeness (QED) is 0.872. The maximum absolute atomic E-state index is 8.94. The fourth-order valence-electron chi connectivity index (χ4n) is 1.71. The Labute approximate surface area is 139 Å². The minimum Gasteiger partial charge on any atom is -0.484 e. The fourth-order valence-corrected chi connectivity index (χ4v) is 2.88. The zero-order chi connectivity index (χ0) is 15.7. The Balaban J connectivity index is 1.77. The van der Waals surface area contributed by atoms with Gasteiger partial charge in [0.25, 0.3) is 0 Å². The third-order valence-corrected chi connectivity index (χ3v) is 4.22. The monoisotopic (exact) mass is 354 g/mol.